The predicted octanol–water partition coefficient (Wildman–Crippen LogP) is 5.22. The molecule has 8 heteroatoms. The van der Waals surface area contributed by atoms with Crippen molar-refractivity contribution >= 4 is 27.5 Å². The molecule has 3 rings (SSSR count). The van der Waals surface area contributed by atoms with Gasteiger partial charge in [-0.15, -0.1) is 0 Å². The Bertz CT molecular complexity index is 1360. The van der Waals surface area contributed by atoms with E-state index in [4.69, 9.17) is 0 Å². The summed E-state index contributed by atoms with van der Waals surface area (Å²) in [4.78, 5) is 29.0. The second kappa shape index (κ2) is 13.4. The van der Waals surface area contributed by atoms with Crippen LogP contribution in [0.1, 0.15) is 50.3 Å². The fourth-order valence-corrected chi connectivity index (χ4v) is 5.87. The molecule has 3 aromatic rings. The smallest absolute Gasteiger partial charge is 0.264 e. The summed E-state index contributed by atoms with van der Waals surface area (Å²) in [6.45, 7) is 9.24. The maximum atomic E-state index is 14.1. The summed E-state index contributed by atoms with van der Waals surface area (Å²) >= 11 is 0. The van der Waals surface area contributed by atoms with E-state index in [1.165, 1.54) is 21.3 Å². The highest BCUT2D eigenvalue weighted by Gasteiger charge is 2.34. The third kappa shape index (κ3) is 7.26. The summed E-state index contributed by atoms with van der Waals surface area (Å²) in [6, 6.07) is 22.1. The monoisotopic (exact) mass is 549 g/mol. The number of sulfonamides is 1. The molecule has 0 saturated heterocycles. The number of carbonyl (C=O) groups is 2. The van der Waals surface area contributed by atoms with Crippen molar-refractivity contribution in [2.45, 2.75) is 71.0 Å². The fourth-order valence-electron chi connectivity index (χ4n) is 4.38. The minimum absolute atomic E-state index is 0.0508. The van der Waals surface area contributed by atoms with E-state index < -0.39 is 28.5 Å². The van der Waals surface area contributed by atoms with E-state index >= 15 is 0 Å². The average molecular weight is 550 g/mol. The zero-order valence-electron chi connectivity index (χ0n) is 23.4. The van der Waals surface area contributed by atoms with Crippen molar-refractivity contribution in [2.75, 3.05) is 10.8 Å². The number of anilines is 1. The number of nitrogens with one attached hydrogen (secondary N) is 1. The molecule has 7 nitrogen and oxygen atoms in total. The Kier molecular flexibility index (Phi) is 10.3. The normalized spacial score (nSPS) is 12.8. The van der Waals surface area contributed by atoms with Gasteiger partial charge in [-0.25, -0.2) is 8.42 Å². The molecule has 2 amide bonds. The Morgan fingerprint density at radius 3 is 2.05 bits per heavy atom. The summed E-state index contributed by atoms with van der Waals surface area (Å²) in [5, 5.41) is 2.99. The van der Waals surface area contributed by atoms with Crippen LogP contribution in [0.15, 0.2) is 83.8 Å². The van der Waals surface area contributed by atoms with Gasteiger partial charge in [-0.2, -0.15) is 0 Å². The number of hydrogen-bond donors (Lipinski definition) is 1. The van der Waals surface area contributed by atoms with Crippen LogP contribution in [0.25, 0.3) is 0 Å². The first-order valence-corrected chi connectivity index (χ1v) is 14.8. The molecule has 0 aliphatic rings. The van der Waals surface area contributed by atoms with E-state index in [9.17, 15) is 18.0 Å². The number of rotatable bonds is 12. The maximum Gasteiger partial charge on any atom is 0.264 e. The molecule has 39 heavy (non-hydrogen) atoms. The molecule has 0 radical (unpaired) electrons. The zero-order valence-corrected chi connectivity index (χ0v) is 24.2. The Morgan fingerprint density at radius 1 is 0.846 bits per heavy atom. The van der Waals surface area contributed by atoms with Gasteiger partial charge in [0, 0.05) is 12.6 Å². The summed E-state index contributed by atoms with van der Waals surface area (Å²) in [5.41, 5.74) is 2.96. The van der Waals surface area contributed by atoms with Gasteiger partial charge in [0.05, 0.1) is 10.6 Å². The predicted molar refractivity (Wildman–Crippen MR) is 156 cm³/mol. The van der Waals surface area contributed by atoms with Gasteiger partial charge in [0.1, 0.15) is 12.6 Å². The van der Waals surface area contributed by atoms with Gasteiger partial charge in [0.15, 0.2) is 0 Å². The molecule has 1 N–H and O–H groups in total. The van der Waals surface area contributed by atoms with Gasteiger partial charge in [0.25, 0.3) is 10.0 Å². The van der Waals surface area contributed by atoms with Crippen molar-refractivity contribution in [3.05, 3.63) is 95.6 Å². The van der Waals surface area contributed by atoms with Gasteiger partial charge in [-0.3, -0.25) is 13.9 Å². The van der Waals surface area contributed by atoms with Crippen molar-refractivity contribution < 1.29 is 18.0 Å². The lowest BCUT2D eigenvalue weighted by molar-refractivity contribution is -0.140. The van der Waals surface area contributed by atoms with Gasteiger partial charge >= 0.3 is 0 Å². The lowest BCUT2D eigenvalue weighted by Gasteiger charge is -2.34. The number of carbonyl (C=O) groups excluding carboxylic acids is 2. The quantitative estimate of drug-likeness (QED) is 0.336. The SMILES string of the molecule is CC[C@@H](C)NC(=O)[C@@H](CC)N(Cc1ccccc1)C(=O)CN(c1cccc(C)c1C)S(=O)(=O)c1ccccc1. The molecule has 2 atom stereocenters. The first-order chi connectivity index (χ1) is 18.6. The molecule has 0 saturated carbocycles. The summed E-state index contributed by atoms with van der Waals surface area (Å²) in [7, 11) is -4.09. The summed E-state index contributed by atoms with van der Waals surface area (Å²) < 4.78 is 29.1. The Labute approximate surface area is 232 Å². The molecule has 0 bridgehead atoms. The summed E-state index contributed by atoms with van der Waals surface area (Å²) in [5.74, 6) is -0.703. The number of amides is 2. The molecule has 0 heterocycles. The lowest BCUT2D eigenvalue weighted by Crippen LogP contribution is -2.53. The molecule has 0 aromatic heterocycles. The molecule has 3 aromatic carbocycles. The molecule has 0 aliphatic heterocycles. The Hall–Kier alpha value is -3.65. The second-order valence-corrected chi connectivity index (χ2v) is 11.7. The van der Waals surface area contributed by atoms with Gasteiger partial charge < -0.3 is 10.2 Å². The van der Waals surface area contributed by atoms with Gasteiger partial charge in [-0.1, -0.05) is 74.5 Å². The lowest BCUT2D eigenvalue weighted by atomic mass is 10.1. The molecule has 0 spiro atoms. The van der Waals surface area contributed by atoms with Crippen LogP contribution < -0.4 is 9.62 Å². The fraction of sp³-hybridized carbons (Fsp3) is 0.355. The van der Waals surface area contributed by atoms with Crippen LogP contribution in [0, 0.1) is 13.8 Å². The molecule has 0 fully saturated rings. The van der Waals surface area contributed by atoms with Gasteiger partial charge in [0.2, 0.25) is 11.8 Å². The van der Waals surface area contributed by atoms with E-state index in [0.29, 0.717) is 12.1 Å². The highest BCUT2D eigenvalue weighted by molar-refractivity contribution is 7.92. The van der Waals surface area contributed by atoms with Crippen molar-refractivity contribution in [1.29, 1.82) is 0 Å². The third-order valence-corrected chi connectivity index (χ3v) is 8.81. The Morgan fingerprint density at radius 2 is 1.46 bits per heavy atom. The summed E-state index contributed by atoms with van der Waals surface area (Å²) in [6.07, 6.45) is 1.14. The maximum absolute atomic E-state index is 14.1. The van der Waals surface area contributed by atoms with Crippen molar-refractivity contribution in [1.82, 2.24) is 10.2 Å². The van der Waals surface area contributed by atoms with E-state index in [1.807, 2.05) is 71.0 Å². The van der Waals surface area contributed by atoms with Crippen LogP contribution in [-0.2, 0) is 26.2 Å². The topological polar surface area (TPSA) is 86.8 Å². The molecule has 208 valence electrons. The number of aryl methyl sites for hydroxylation is 1. The van der Waals surface area contributed by atoms with E-state index in [1.54, 1.807) is 30.3 Å². The molecule has 0 unspecified atom stereocenters. The van der Waals surface area contributed by atoms with Crippen molar-refractivity contribution in [2.24, 2.45) is 0 Å². The van der Waals surface area contributed by atoms with Crippen molar-refractivity contribution in [3.63, 3.8) is 0 Å². The largest absolute Gasteiger partial charge is 0.352 e. The third-order valence-electron chi connectivity index (χ3n) is 7.04. The number of benzene rings is 3. The van der Waals surface area contributed by atoms with E-state index in [2.05, 4.69) is 5.32 Å². The highest BCUT2D eigenvalue weighted by Crippen LogP contribution is 2.29. The van der Waals surface area contributed by atoms with E-state index in [-0.39, 0.29) is 23.4 Å². The average Bonchev–Trinajstić information content (AvgIpc) is 2.94. The van der Waals surface area contributed by atoms with Crippen LogP contribution in [0.3, 0.4) is 0 Å². The molecular weight excluding hydrogens is 510 g/mol. The van der Waals surface area contributed by atoms with Crippen LogP contribution in [-0.4, -0.2) is 43.8 Å². The Balaban J connectivity index is 2.08. The van der Waals surface area contributed by atoms with E-state index in [0.717, 1.165) is 23.1 Å². The van der Waals surface area contributed by atoms with Crippen LogP contribution in [0.2, 0.25) is 0 Å². The zero-order chi connectivity index (χ0) is 28.6. The molecular formula is C31H39N3O4S. The number of nitrogens with zero attached hydrogens (tertiary/aromatic N) is 2. The first kappa shape index (κ1) is 29.9. The second-order valence-electron chi connectivity index (χ2n) is 9.79. The molecule has 0 aliphatic carbocycles. The van der Waals surface area contributed by atoms with Crippen LogP contribution >= 0.6 is 0 Å². The van der Waals surface area contributed by atoms with Gasteiger partial charge in [-0.05, 0) is 68.5 Å². The minimum Gasteiger partial charge on any atom is -0.352 e. The van der Waals surface area contributed by atoms with Crippen LogP contribution in [0.4, 0.5) is 5.69 Å². The highest BCUT2D eigenvalue weighted by atomic mass is 32.2. The van der Waals surface area contributed by atoms with Crippen molar-refractivity contribution in [3.8, 4) is 0 Å². The number of hydrogen-bond acceptors (Lipinski definition) is 4. The van der Waals surface area contributed by atoms with Crippen LogP contribution in [0.5, 0.6) is 0 Å². The first-order valence-electron chi connectivity index (χ1n) is 13.4. The standard InChI is InChI=1S/C31H39N3O4S/c1-6-24(4)32-31(36)28(7-2)33(21-26-16-10-8-11-17-26)30(35)22-34(29-20-14-15-23(3)25(29)5)39(37,38)27-18-12-9-13-19-27/h8-20,24,28H,6-7,21-22H2,1-5H3,(H,32,36)/t24-,28-/m1/s1. The minimum atomic E-state index is -4.09.